The van der Waals surface area contributed by atoms with Crippen LogP contribution in [0.4, 0.5) is 0 Å². The van der Waals surface area contributed by atoms with Crippen LogP contribution in [-0.2, 0) is 13.0 Å². The maximum Gasteiger partial charge on any atom is 0.272 e. The Labute approximate surface area is 120 Å². The Morgan fingerprint density at radius 2 is 2.15 bits per heavy atom. The molecule has 1 saturated carbocycles. The maximum absolute atomic E-state index is 12.8. The topological polar surface area (TPSA) is 58.4 Å². The van der Waals surface area contributed by atoms with Crippen LogP contribution in [0.1, 0.15) is 55.7 Å². The van der Waals surface area contributed by atoms with Crippen molar-refractivity contribution in [3.05, 3.63) is 17.5 Å². The van der Waals surface area contributed by atoms with Crippen LogP contribution < -0.4 is 0 Å². The van der Waals surface area contributed by atoms with E-state index in [1.165, 1.54) is 12.8 Å². The molecule has 0 radical (unpaired) electrons. The molecule has 20 heavy (non-hydrogen) atoms. The third-order valence-corrected chi connectivity index (χ3v) is 4.08. The van der Waals surface area contributed by atoms with E-state index >= 15 is 0 Å². The van der Waals surface area contributed by atoms with Gasteiger partial charge in [-0.25, -0.2) is 0 Å². The van der Waals surface area contributed by atoms with Crippen molar-refractivity contribution in [3.63, 3.8) is 0 Å². The minimum atomic E-state index is 0.0139. The van der Waals surface area contributed by atoms with Crippen LogP contribution in [0.2, 0.25) is 0 Å². The minimum absolute atomic E-state index is 0.0139. The van der Waals surface area contributed by atoms with Gasteiger partial charge in [0.1, 0.15) is 5.69 Å². The molecular formula is C15H25N3O2. The molecule has 1 N–H and O–H groups in total. The van der Waals surface area contributed by atoms with Crippen molar-refractivity contribution in [1.29, 1.82) is 0 Å². The van der Waals surface area contributed by atoms with Gasteiger partial charge >= 0.3 is 0 Å². The molecule has 5 nitrogen and oxygen atoms in total. The molecule has 1 fully saturated rings. The molecule has 0 saturated heterocycles. The third kappa shape index (κ3) is 3.03. The first-order chi connectivity index (χ1) is 9.71. The molecule has 0 atom stereocenters. The van der Waals surface area contributed by atoms with Crippen LogP contribution >= 0.6 is 0 Å². The molecule has 1 aromatic rings. The molecule has 1 heterocycles. The second-order valence-corrected chi connectivity index (χ2v) is 5.35. The normalized spacial score (nSPS) is 15.8. The molecule has 0 bridgehead atoms. The first-order valence-electron chi connectivity index (χ1n) is 7.69. The molecular weight excluding hydrogens is 254 g/mol. The molecule has 0 aromatic carbocycles. The molecule has 112 valence electrons. The lowest BCUT2D eigenvalue weighted by Crippen LogP contribution is -2.41. The zero-order chi connectivity index (χ0) is 14.5. The number of hydrogen-bond donors (Lipinski definition) is 1. The van der Waals surface area contributed by atoms with Gasteiger partial charge in [0.15, 0.2) is 0 Å². The van der Waals surface area contributed by atoms with Gasteiger partial charge in [-0.15, -0.1) is 0 Å². The molecule has 2 rings (SSSR count). The quantitative estimate of drug-likeness (QED) is 0.864. The maximum atomic E-state index is 12.8. The van der Waals surface area contributed by atoms with Gasteiger partial charge in [-0.05, 0) is 32.3 Å². The molecule has 1 aromatic heterocycles. The summed E-state index contributed by atoms with van der Waals surface area (Å²) in [7, 11) is 0. The van der Waals surface area contributed by atoms with Crippen molar-refractivity contribution >= 4 is 5.91 Å². The number of nitrogens with zero attached hydrogens (tertiary/aromatic N) is 3. The van der Waals surface area contributed by atoms with Crippen LogP contribution in [0, 0.1) is 0 Å². The Kier molecular flexibility index (Phi) is 5.17. The van der Waals surface area contributed by atoms with Gasteiger partial charge in [-0.1, -0.05) is 19.8 Å². The Hall–Kier alpha value is -1.36. The zero-order valence-corrected chi connectivity index (χ0v) is 12.5. The highest BCUT2D eigenvalue weighted by Gasteiger charge is 2.29. The van der Waals surface area contributed by atoms with Gasteiger partial charge in [0, 0.05) is 19.1 Å². The number of amides is 1. The van der Waals surface area contributed by atoms with Crippen molar-refractivity contribution in [2.24, 2.45) is 0 Å². The van der Waals surface area contributed by atoms with Crippen LogP contribution in [0.15, 0.2) is 6.07 Å². The Morgan fingerprint density at radius 3 is 2.70 bits per heavy atom. The number of aromatic nitrogens is 2. The summed E-state index contributed by atoms with van der Waals surface area (Å²) in [5.41, 5.74) is 1.61. The van der Waals surface area contributed by atoms with E-state index in [0.29, 0.717) is 18.8 Å². The van der Waals surface area contributed by atoms with Gasteiger partial charge in [-0.3, -0.25) is 9.48 Å². The average Bonchev–Trinajstić information content (AvgIpc) is 3.12. The number of aliphatic hydroxyl groups is 1. The first-order valence-corrected chi connectivity index (χ1v) is 7.69. The van der Waals surface area contributed by atoms with E-state index in [4.69, 9.17) is 0 Å². The van der Waals surface area contributed by atoms with Crippen molar-refractivity contribution < 1.29 is 9.90 Å². The Bertz CT molecular complexity index is 450. The van der Waals surface area contributed by atoms with Crippen molar-refractivity contribution in [2.75, 3.05) is 13.2 Å². The standard InChI is InChI=1S/C15H25N3O2/c1-3-12-11-14(18(4-2)16-12)15(20)17(9-10-19)13-7-5-6-8-13/h11,13,19H,3-10H2,1-2H3. The fourth-order valence-electron chi connectivity index (χ4n) is 2.98. The summed E-state index contributed by atoms with van der Waals surface area (Å²) >= 11 is 0. The lowest BCUT2D eigenvalue weighted by Gasteiger charge is -2.28. The van der Waals surface area contributed by atoms with E-state index in [1.807, 2.05) is 24.8 Å². The molecule has 1 aliphatic carbocycles. The van der Waals surface area contributed by atoms with E-state index < -0.39 is 0 Å². The number of hydrogen-bond acceptors (Lipinski definition) is 3. The number of carbonyl (C=O) groups excluding carboxylic acids is 1. The van der Waals surface area contributed by atoms with Crippen molar-refractivity contribution in [3.8, 4) is 0 Å². The fraction of sp³-hybridized carbons (Fsp3) is 0.733. The summed E-state index contributed by atoms with van der Waals surface area (Å²) in [6.07, 6.45) is 5.27. The molecule has 0 unspecified atom stereocenters. The molecule has 1 amide bonds. The van der Waals surface area contributed by atoms with E-state index in [1.54, 1.807) is 4.68 Å². The zero-order valence-electron chi connectivity index (χ0n) is 12.5. The van der Waals surface area contributed by atoms with E-state index in [2.05, 4.69) is 5.10 Å². The highest BCUT2D eigenvalue weighted by Crippen LogP contribution is 2.25. The third-order valence-electron chi connectivity index (χ3n) is 4.08. The summed E-state index contributed by atoms with van der Waals surface area (Å²) in [5, 5.41) is 13.7. The summed E-state index contributed by atoms with van der Waals surface area (Å²) in [6, 6.07) is 2.17. The predicted octanol–water partition coefficient (Wildman–Crippen LogP) is 1.84. The largest absolute Gasteiger partial charge is 0.395 e. The van der Waals surface area contributed by atoms with Crippen LogP contribution in [0.25, 0.3) is 0 Å². The van der Waals surface area contributed by atoms with Gasteiger partial charge in [-0.2, -0.15) is 5.10 Å². The monoisotopic (exact) mass is 279 g/mol. The van der Waals surface area contributed by atoms with Crippen LogP contribution in [0.3, 0.4) is 0 Å². The SMILES string of the molecule is CCc1cc(C(=O)N(CCO)C2CCCC2)n(CC)n1. The smallest absolute Gasteiger partial charge is 0.272 e. The van der Waals surface area contributed by atoms with E-state index in [-0.39, 0.29) is 18.6 Å². The molecule has 1 aliphatic rings. The Balaban J connectivity index is 2.23. The second kappa shape index (κ2) is 6.88. The van der Waals surface area contributed by atoms with Crippen LogP contribution in [-0.4, -0.2) is 44.9 Å². The molecule has 0 aliphatic heterocycles. The van der Waals surface area contributed by atoms with Gasteiger partial charge in [0.2, 0.25) is 0 Å². The molecule has 5 heteroatoms. The van der Waals surface area contributed by atoms with Gasteiger partial charge in [0.05, 0.1) is 12.3 Å². The lowest BCUT2D eigenvalue weighted by atomic mass is 10.2. The number of aliphatic hydroxyl groups excluding tert-OH is 1. The summed E-state index contributed by atoms with van der Waals surface area (Å²) in [6.45, 7) is 5.16. The minimum Gasteiger partial charge on any atom is -0.395 e. The lowest BCUT2D eigenvalue weighted by molar-refractivity contribution is 0.0625. The van der Waals surface area contributed by atoms with E-state index in [9.17, 15) is 9.90 Å². The summed E-state index contributed by atoms with van der Waals surface area (Å²) in [4.78, 5) is 14.6. The Morgan fingerprint density at radius 1 is 1.45 bits per heavy atom. The van der Waals surface area contributed by atoms with Gasteiger partial charge in [0.25, 0.3) is 5.91 Å². The predicted molar refractivity (Wildman–Crippen MR) is 77.7 cm³/mol. The number of rotatable bonds is 6. The van der Waals surface area contributed by atoms with E-state index in [0.717, 1.165) is 25.0 Å². The molecule has 0 spiro atoms. The number of carbonyl (C=O) groups is 1. The average molecular weight is 279 g/mol. The highest BCUT2D eigenvalue weighted by atomic mass is 16.3. The summed E-state index contributed by atoms with van der Waals surface area (Å²) < 4.78 is 1.78. The second-order valence-electron chi connectivity index (χ2n) is 5.35. The van der Waals surface area contributed by atoms with Crippen LogP contribution in [0.5, 0.6) is 0 Å². The fourth-order valence-corrected chi connectivity index (χ4v) is 2.98. The number of aryl methyl sites for hydroxylation is 2. The first kappa shape index (κ1) is 15.0. The van der Waals surface area contributed by atoms with Crippen molar-refractivity contribution in [2.45, 2.75) is 58.5 Å². The highest BCUT2D eigenvalue weighted by molar-refractivity contribution is 5.93. The summed E-state index contributed by atoms with van der Waals surface area (Å²) in [5.74, 6) is 0.0139. The van der Waals surface area contributed by atoms with Gasteiger partial charge < -0.3 is 10.0 Å². The van der Waals surface area contributed by atoms with Crippen molar-refractivity contribution in [1.82, 2.24) is 14.7 Å².